The Hall–Kier alpha value is -2.61. The summed E-state index contributed by atoms with van der Waals surface area (Å²) in [4.78, 5) is 0.721. The van der Waals surface area contributed by atoms with Crippen LogP contribution in [0.3, 0.4) is 0 Å². The van der Waals surface area contributed by atoms with Crippen molar-refractivity contribution in [3.05, 3.63) is 100 Å². The van der Waals surface area contributed by atoms with E-state index >= 15 is 0 Å². The van der Waals surface area contributed by atoms with Gasteiger partial charge in [-0.25, -0.2) is 13.5 Å². The van der Waals surface area contributed by atoms with Crippen molar-refractivity contribution < 1.29 is 13.5 Å². The zero-order valence-corrected chi connectivity index (χ0v) is 16.8. The molecule has 0 bridgehead atoms. The molecule has 0 aliphatic carbocycles. The fourth-order valence-corrected chi connectivity index (χ4v) is 3.99. The molecule has 2 aromatic rings. The van der Waals surface area contributed by atoms with Gasteiger partial charge in [0, 0.05) is 13.2 Å². The van der Waals surface area contributed by atoms with Gasteiger partial charge in [0.15, 0.2) is 11.6 Å². The van der Waals surface area contributed by atoms with E-state index in [-0.39, 0.29) is 6.04 Å². The van der Waals surface area contributed by atoms with E-state index in [1.807, 2.05) is 42.5 Å². The van der Waals surface area contributed by atoms with E-state index in [0.717, 1.165) is 28.2 Å². The first-order valence-corrected chi connectivity index (χ1v) is 10.4. The van der Waals surface area contributed by atoms with Gasteiger partial charge in [0.1, 0.15) is 0 Å². The van der Waals surface area contributed by atoms with Gasteiger partial charge in [0.05, 0.1) is 24.2 Å². The van der Waals surface area contributed by atoms with Crippen molar-refractivity contribution >= 4 is 17.0 Å². The summed E-state index contributed by atoms with van der Waals surface area (Å²) in [6.07, 6.45) is 7.30. The molecule has 3 rings (SSSR count). The third-order valence-corrected chi connectivity index (χ3v) is 5.56. The summed E-state index contributed by atoms with van der Waals surface area (Å²) >= 11 is 0. The van der Waals surface area contributed by atoms with Crippen molar-refractivity contribution in [1.29, 1.82) is 4.78 Å². The monoisotopic (exact) mass is 415 g/mol. The van der Waals surface area contributed by atoms with Crippen LogP contribution in [0.1, 0.15) is 11.1 Å². The lowest BCUT2D eigenvalue weighted by Crippen LogP contribution is -2.32. The van der Waals surface area contributed by atoms with E-state index in [1.165, 1.54) is 6.07 Å². The summed E-state index contributed by atoms with van der Waals surface area (Å²) in [6, 6.07) is 13.5. The highest BCUT2D eigenvalue weighted by Gasteiger charge is 2.17. The molecule has 0 spiro atoms. The molecule has 152 valence electrons. The summed E-state index contributed by atoms with van der Waals surface area (Å²) < 4.78 is 44.3. The third-order valence-electron chi connectivity index (χ3n) is 4.23. The predicted molar refractivity (Wildman–Crippen MR) is 114 cm³/mol. The Balaban J connectivity index is 1.77. The molecule has 3 N–H and O–H groups in total. The molecule has 0 fully saturated rings. The van der Waals surface area contributed by atoms with E-state index in [9.17, 15) is 8.78 Å². The lowest BCUT2D eigenvalue weighted by Gasteiger charge is -2.16. The number of benzene rings is 2. The zero-order valence-electron chi connectivity index (χ0n) is 16.0. The van der Waals surface area contributed by atoms with E-state index in [1.54, 1.807) is 19.3 Å². The largest absolute Gasteiger partial charge is 0.393 e. The van der Waals surface area contributed by atoms with Crippen molar-refractivity contribution in [3.63, 3.8) is 0 Å². The molecule has 29 heavy (non-hydrogen) atoms. The first-order valence-electron chi connectivity index (χ1n) is 9.13. The van der Waals surface area contributed by atoms with Gasteiger partial charge in [-0.2, -0.15) is 0 Å². The van der Waals surface area contributed by atoms with Crippen molar-refractivity contribution in [2.45, 2.75) is 12.6 Å². The van der Waals surface area contributed by atoms with Crippen LogP contribution in [0.25, 0.3) is 6.08 Å². The molecular weight excluding hydrogens is 392 g/mol. The molecule has 1 aliphatic heterocycles. The lowest BCUT2D eigenvalue weighted by atomic mass is 10.1. The third kappa shape index (κ3) is 5.93. The number of allylic oxidation sites excluding steroid dienone is 2. The van der Waals surface area contributed by atoms with Crippen LogP contribution >= 0.6 is 0 Å². The van der Waals surface area contributed by atoms with Gasteiger partial charge in [-0.15, -0.1) is 0 Å². The summed E-state index contributed by atoms with van der Waals surface area (Å²) in [7, 11) is 0.742. The Kier molecular flexibility index (Phi) is 7.46. The van der Waals surface area contributed by atoms with E-state index in [4.69, 9.17) is 9.52 Å². The second-order valence-corrected chi connectivity index (χ2v) is 7.75. The van der Waals surface area contributed by atoms with Crippen LogP contribution in [0.4, 0.5) is 8.78 Å². The predicted octanol–water partition coefficient (Wildman–Crippen LogP) is 4.45. The quantitative estimate of drug-likeness (QED) is 0.653. The summed E-state index contributed by atoms with van der Waals surface area (Å²) in [6.45, 7) is 0.911. The molecule has 7 heteroatoms. The molecule has 4 nitrogen and oxygen atoms in total. The van der Waals surface area contributed by atoms with Crippen LogP contribution in [0, 0.1) is 16.4 Å². The molecule has 0 saturated heterocycles. The average molecular weight is 416 g/mol. The standard InChI is InChI=1S/C22H23F2N3OS/c1-26-13-22-18(11-17-7-10-20(23)21(24)12-17)8-9-19(27-29(22)25)15-28-14-16-5-3-2-4-6-16/h2-13,19,26H,14-15H2,1H3,(H2,25,27)/b18-11+,22-13?. The van der Waals surface area contributed by atoms with Crippen molar-refractivity contribution in [1.82, 2.24) is 10.0 Å². The second kappa shape index (κ2) is 10.2. The van der Waals surface area contributed by atoms with Crippen LogP contribution in [-0.2, 0) is 22.2 Å². The second-order valence-electron chi connectivity index (χ2n) is 6.46. The fourth-order valence-electron chi connectivity index (χ4n) is 2.82. The molecule has 1 heterocycles. The maximum atomic E-state index is 13.6. The number of nitrogens with one attached hydrogen (secondary N) is 3. The van der Waals surface area contributed by atoms with Crippen LogP contribution in [0.2, 0.25) is 0 Å². The molecule has 1 aliphatic rings. The SMILES string of the molecule is CNC=C1/C(=C/c2ccc(F)c(F)c2)C=CC(COCc2ccccc2)NS1=N. The van der Waals surface area contributed by atoms with Gasteiger partial charge in [0.25, 0.3) is 0 Å². The van der Waals surface area contributed by atoms with Crippen molar-refractivity contribution in [2.24, 2.45) is 0 Å². The summed E-state index contributed by atoms with van der Waals surface area (Å²) in [5, 5.41) is 2.96. The maximum Gasteiger partial charge on any atom is 0.159 e. The summed E-state index contributed by atoms with van der Waals surface area (Å²) in [5.41, 5.74) is 2.37. The fraction of sp³-hybridized carbons (Fsp3) is 0.182. The van der Waals surface area contributed by atoms with E-state index in [0.29, 0.717) is 18.8 Å². The average Bonchev–Trinajstić information content (AvgIpc) is 2.85. The highest BCUT2D eigenvalue weighted by atomic mass is 32.2. The molecule has 2 atom stereocenters. The Bertz CT molecular complexity index is 958. The van der Waals surface area contributed by atoms with Crippen molar-refractivity contribution in [2.75, 3.05) is 13.7 Å². The number of halogens is 2. The Morgan fingerprint density at radius 1 is 1.17 bits per heavy atom. The minimum absolute atomic E-state index is 0.143. The van der Waals surface area contributed by atoms with Crippen LogP contribution < -0.4 is 10.0 Å². The molecular formula is C22H23F2N3OS. The van der Waals surface area contributed by atoms with Crippen LogP contribution in [0.15, 0.2) is 77.4 Å². The molecule has 0 amide bonds. The maximum absolute atomic E-state index is 13.6. The van der Waals surface area contributed by atoms with Gasteiger partial charge in [-0.1, -0.05) is 48.6 Å². The smallest absolute Gasteiger partial charge is 0.159 e. The minimum Gasteiger partial charge on any atom is -0.393 e. The highest BCUT2D eigenvalue weighted by Crippen LogP contribution is 2.23. The van der Waals surface area contributed by atoms with E-state index in [2.05, 4.69) is 10.0 Å². The van der Waals surface area contributed by atoms with Gasteiger partial charge in [0.2, 0.25) is 0 Å². The first kappa shape index (κ1) is 21.1. The van der Waals surface area contributed by atoms with Crippen molar-refractivity contribution in [3.8, 4) is 0 Å². The first-order chi connectivity index (χ1) is 14.1. The number of hydrogen-bond donors (Lipinski definition) is 3. The normalized spacial score (nSPS) is 22.0. The number of hydrogen-bond acceptors (Lipinski definition) is 3. The molecule has 0 aromatic heterocycles. The number of ether oxygens (including phenoxy) is 1. The zero-order chi connectivity index (χ0) is 20.6. The van der Waals surface area contributed by atoms with Gasteiger partial charge < -0.3 is 10.1 Å². The minimum atomic E-state index is -1.02. The summed E-state index contributed by atoms with van der Waals surface area (Å²) in [5.74, 6) is -1.78. The molecule has 2 unspecified atom stereocenters. The lowest BCUT2D eigenvalue weighted by molar-refractivity contribution is 0.114. The van der Waals surface area contributed by atoms with Gasteiger partial charge in [-0.3, -0.25) is 4.78 Å². The number of rotatable bonds is 6. The van der Waals surface area contributed by atoms with Crippen LogP contribution in [-0.4, -0.2) is 19.7 Å². The molecule has 2 aromatic carbocycles. The van der Waals surface area contributed by atoms with Crippen LogP contribution in [0.5, 0.6) is 0 Å². The highest BCUT2D eigenvalue weighted by molar-refractivity contribution is 7.88. The molecule has 0 saturated carbocycles. The molecule has 0 radical (unpaired) electrons. The topological polar surface area (TPSA) is 57.1 Å². The van der Waals surface area contributed by atoms with Gasteiger partial charge in [-0.05, 0) is 45.8 Å². The Morgan fingerprint density at radius 2 is 1.97 bits per heavy atom. The Labute approximate surface area is 172 Å². The van der Waals surface area contributed by atoms with E-state index < -0.39 is 22.5 Å². The Morgan fingerprint density at radius 3 is 2.69 bits per heavy atom. The van der Waals surface area contributed by atoms with Gasteiger partial charge >= 0.3 is 0 Å².